The Morgan fingerprint density at radius 2 is 1.95 bits per heavy atom. The number of carbonyl (C=O) groups excluding carboxylic acids is 2. The molecular weight excluding hydrogens is 270 g/mol. The van der Waals surface area contributed by atoms with Gasteiger partial charge in [-0.25, -0.2) is 4.79 Å². The Morgan fingerprint density at radius 3 is 2.47 bits per heavy atom. The first-order valence-corrected chi connectivity index (χ1v) is 6.35. The van der Waals surface area contributed by atoms with Gasteiger partial charge >= 0.3 is 5.97 Å². The lowest BCUT2D eigenvalue weighted by Crippen LogP contribution is -2.41. The van der Waals surface area contributed by atoms with E-state index in [0.717, 1.165) is 11.8 Å². The van der Waals surface area contributed by atoms with Crippen LogP contribution in [0.1, 0.15) is 17.3 Å². The molecule has 6 nitrogen and oxygen atoms in total. The number of nitrogens with one attached hydrogen (secondary N) is 1. The van der Waals surface area contributed by atoms with Gasteiger partial charge in [-0.05, 0) is 12.1 Å². The number of thioether (sulfide) groups is 1. The van der Waals surface area contributed by atoms with E-state index in [9.17, 15) is 19.5 Å². The molecule has 3 N–H and O–H groups in total. The SMILES string of the molecule is CC(=O)NC(CSC(=O)c1ccccc1O)C(=O)O. The Morgan fingerprint density at radius 1 is 1.32 bits per heavy atom. The number of hydrogen-bond donors (Lipinski definition) is 3. The third-order valence-corrected chi connectivity index (χ3v) is 3.16. The lowest BCUT2D eigenvalue weighted by atomic mass is 10.2. The van der Waals surface area contributed by atoms with Gasteiger partial charge < -0.3 is 15.5 Å². The van der Waals surface area contributed by atoms with Gasteiger partial charge in [0.2, 0.25) is 11.0 Å². The summed E-state index contributed by atoms with van der Waals surface area (Å²) in [4.78, 5) is 33.5. The topological polar surface area (TPSA) is 104 Å². The maximum absolute atomic E-state index is 11.8. The second-order valence-corrected chi connectivity index (χ2v) is 4.70. The molecule has 7 heteroatoms. The Kier molecular flexibility index (Phi) is 5.37. The van der Waals surface area contributed by atoms with Crippen LogP contribution in [0.4, 0.5) is 0 Å². The van der Waals surface area contributed by atoms with Crippen molar-refractivity contribution in [1.29, 1.82) is 0 Å². The van der Waals surface area contributed by atoms with Crippen LogP contribution in [0, 0.1) is 0 Å². The molecule has 0 aliphatic heterocycles. The van der Waals surface area contributed by atoms with E-state index in [1.165, 1.54) is 19.1 Å². The Balaban J connectivity index is 2.65. The Hall–Kier alpha value is -2.02. The van der Waals surface area contributed by atoms with Crippen molar-refractivity contribution >= 4 is 28.8 Å². The van der Waals surface area contributed by atoms with Crippen molar-refractivity contribution in [1.82, 2.24) is 5.32 Å². The standard InChI is InChI=1S/C12H13NO5S/c1-7(14)13-9(11(16)17)6-19-12(18)8-4-2-3-5-10(8)15/h2-5,9,15H,6H2,1H3,(H,13,14)(H,16,17). The van der Waals surface area contributed by atoms with Crippen molar-refractivity contribution in [3.63, 3.8) is 0 Å². The largest absolute Gasteiger partial charge is 0.507 e. The van der Waals surface area contributed by atoms with Crippen LogP contribution in [-0.4, -0.2) is 39.0 Å². The van der Waals surface area contributed by atoms with Crippen molar-refractivity contribution in [2.45, 2.75) is 13.0 Å². The first-order chi connectivity index (χ1) is 8.91. The number of phenols is 1. The highest BCUT2D eigenvalue weighted by molar-refractivity contribution is 8.14. The quantitative estimate of drug-likeness (QED) is 0.740. The first kappa shape index (κ1) is 15.0. The summed E-state index contributed by atoms with van der Waals surface area (Å²) >= 11 is 0.728. The average molecular weight is 283 g/mol. The van der Waals surface area contributed by atoms with E-state index in [-0.39, 0.29) is 17.1 Å². The third-order valence-electron chi connectivity index (χ3n) is 2.18. The van der Waals surface area contributed by atoms with Crippen molar-refractivity contribution in [2.24, 2.45) is 0 Å². The number of phenolic OH excluding ortho intramolecular Hbond substituents is 1. The molecule has 0 aliphatic carbocycles. The van der Waals surface area contributed by atoms with Crippen LogP contribution >= 0.6 is 11.8 Å². The van der Waals surface area contributed by atoms with Crippen LogP contribution in [0.3, 0.4) is 0 Å². The predicted octanol–water partition coefficient (Wildman–Crippen LogP) is 0.855. The van der Waals surface area contributed by atoms with Gasteiger partial charge in [0.15, 0.2) is 0 Å². The highest BCUT2D eigenvalue weighted by atomic mass is 32.2. The number of aliphatic carboxylic acids is 1. The maximum atomic E-state index is 11.8. The second kappa shape index (κ2) is 6.79. The summed E-state index contributed by atoms with van der Waals surface area (Å²) in [7, 11) is 0. The van der Waals surface area contributed by atoms with Crippen LogP contribution < -0.4 is 5.32 Å². The summed E-state index contributed by atoms with van der Waals surface area (Å²) in [6, 6.07) is 4.84. The van der Waals surface area contributed by atoms with Gasteiger partial charge in [-0.15, -0.1) is 0 Å². The Bertz CT molecular complexity index is 503. The van der Waals surface area contributed by atoms with Gasteiger partial charge in [-0.1, -0.05) is 23.9 Å². The summed E-state index contributed by atoms with van der Waals surface area (Å²) in [6.07, 6.45) is 0. The first-order valence-electron chi connectivity index (χ1n) is 5.37. The van der Waals surface area contributed by atoms with E-state index >= 15 is 0 Å². The monoisotopic (exact) mass is 283 g/mol. The molecule has 0 aliphatic rings. The molecule has 0 fully saturated rings. The summed E-state index contributed by atoms with van der Waals surface area (Å²) < 4.78 is 0. The minimum atomic E-state index is -1.22. The van der Waals surface area contributed by atoms with Crippen molar-refractivity contribution in [3.05, 3.63) is 29.8 Å². The number of hydrogen-bond acceptors (Lipinski definition) is 5. The number of carboxylic acid groups (broad SMARTS) is 1. The maximum Gasteiger partial charge on any atom is 0.327 e. The van der Waals surface area contributed by atoms with Crippen LogP contribution in [0.5, 0.6) is 5.75 Å². The lowest BCUT2D eigenvalue weighted by Gasteiger charge is -2.12. The van der Waals surface area contributed by atoms with E-state index in [2.05, 4.69) is 5.32 Å². The van der Waals surface area contributed by atoms with Crippen LogP contribution in [0.25, 0.3) is 0 Å². The summed E-state index contributed by atoms with van der Waals surface area (Å²) in [5, 5.41) is 20.1. The summed E-state index contributed by atoms with van der Waals surface area (Å²) in [6.45, 7) is 1.20. The number of amides is 1. The van der Waals surface area contributed by atoms with Crippen molar-refractivity contribution < 1.29 is 24.6 Å². The molecule has 1 rings (SSSR count). The van der Waals surface area contributed by atoms with Gasteiger partial charge in [-0.2, -0.15) is 0 Å². The van der Waals surface area contributed by atoms with E-state index < -0.39 is 23.0 Å². The average Bonchev–Trinajstić information content (AvgIpc) is 2.34. The number of carboxylic acids is 1. The minimum absolute atomic E-state index is 0.109. The molecule has 1 atom stereocenters. The van der Waals surface area contributed by atoms with Crippen molar-refractivity contribution in [3.8, 4) is 5.75 Å². The zero-order chi connectivity index (χ0) is 14.4. The number of benzene rings is 1. The highest BCUT2D eigenvalue weighted by Crippen LogP contribution is 2.22. The van der Waals surface area contributed by atoms with Crippen LogP contribution in [0.15, 0.2) is 24.3 Å². The molecule has 1 aromatic carbocycles. The fraction of sp³-hybridized carbons (Fsp3) is 0.250. The number of rotatable bonds is 5. The molecule has 1 unspecified atom stereocenters. The zero-order valence-electron chi connectivity index (χ0n) is 10.1. The minimum Gasteiger partial charge on any atom is -0.507 e. The lowest BCUT2D eigenvalue weighted by molar-refractivity contribution is -0.140. The molecule has 1 amide bonds. The molecular formula is C12H13NO5S. The number of aromatic hydroxyl groups is 1. The number of carbonyl (C=O) groups is 3. The predicted molar refractivity (Wildman–Crippen MR) is 70.1 cm³/mol. The van der Waals surface area contributed by atoms with Gasteiger partial charge in [0.25, 0.3) is 0 Å². The normalized spacial score (nSPS) is 11.6. The smallest absolute Gasteiger partial charge is 0.327 e. The summed E-state index contributed by atoms with van der Waals surface area (Å²) in [5.74, 6) is -1.97. The Labute approximate surface area is 113 Å². The summed E-state index contributed by atoms with van der Waals surface area (Å²) in [5.41, 5.74) is 0.111. The van der Waals surface area contributed by atoms with Crippen LogP contribution in [-0.2, 0) is 9.59 Å². The molecule has 0 aromatic heterocycles. The molecule has 0 saturated carbocycles. The van der Waals surface area contributed by atoms with Gasteiger partial charge in [0, 0.05) is 12.7 Å². The van der Waals surface area contributed by atoms with Gasteiger partial charge in [-0.3, -0.25) is 9.59 Å². The fourth-order valence-electron chi connectivity index (χ4n) is 1.30. The molecule has 0 spiro atoms. The molecule has 1 aromatic rings. The highest BCUT2D eigenvalue weighted by Gasteiger charge is 2.21. The molecule has 102 valence electrons. The molecule has 0 radical (unpaired) electrons. The molecule has 0 bridgehead atoms. The third kappa shape index (κ3) is 4.63. The molecule has 0 saturated heterocycles. The molecule has 19 heavy (non-hydrogen) atoms. The van der Waals surface area contributed by atoms with Crippen molar-refractivity contribution in [2.75, 3.05) is 5.75 Å². The van der Waals surface area contributed by atoms with Crippen LogP contribution in [0.2, 0.25) is 0 Å². The van der Waals surface area contributed by atoms with E-state index in [0.29, 0.717) is 0 Å². The second-order valence-electron chi connectivity index (χ2n) is 3.71. The van der Waals surface area contributed by atoms with E-state index in [4.69, 9.17) is 5.11 Å². The van der Waals surface area contributed by atoms with Gasteiger partial charge in [0.05, 0.1) is 5.56 Å². The fourth-order valence-corrected chi connectivity index (χ4v) is 2.18. The number of para-hydroxylation sites is 1. The van der Waals surface area contributed by atoms with Gasteiger partial charge in [0.1, 0.15) is 11.8 Å². The van der Waals surface area contributed by atoms with E-state index in [1.807, 2.05) is 0 Å². The molecule has 0 heterocycles. The zero-order valence-corrected chi connectivity index (χ0v) is 10.9. The van der Waals surface area contributed by atoms with E-state index in [1.54, 1.807) is 12.1 Å².